The summed E-state index contributed by atoms with van der Waals surface area (Å²) in [5.41, 5.74) is 1.67. The highest BCUT2D eigenvalue weighted by Gasteiger charge is 2.39. The van der Waals surface area contributed by atoms with Crippen molar-refractivity contribution in [2.45, 2.75) is 49.4 Å². The van der Waals surface area contributed by atoms with Crippen molar-refractivity contribution in [3.05, 3.63) is 73.4 Å². The number of benzene rings is 1. The summed E-state index contributed by atoms with van der Waals surface area (Å²) in [4.78, 5) is 35.9. The summed E-state index contributed by atoms with van der Waals surface area (Å²) in [6, 6.07) is 5.71. The van der Waals surface area contributed by atoms with Crippen LogP contribution in [0, 0.1) is 5.41 Å². The molecule has 0 radical (unpaired) electrons. The lowest BCUT2D eigenvalue weighted by molar-refractivity contribution is -0.133. The number of amides is 2. The van der Waals surface area contributed by atoms with E-state index in [4.69, 9.17) is 9.84 Å². The summed E-state index contributed by atoms with van der Waals surface area (Å²) in [6.07, 6.45) is 14.7. The van der Waals surface area contributed by atoms with Crippen LogP contribution < -0.4 is 15.4 Å². The highest BCUT2D eigenvalue weighted by Crippen LogP contribution is 2.46. The number of aliphatic imine (C=N–C) groups is 1. The Hall–Kier alpha value is -4.10. The Morgan fingerprint density at radius 2 is 2.04 bits per heavy atom. The van der Waals surface area contributed by atoms with Crippen LogP contribution in [0.15, 0.2) is 83.3 Å². The second-order valence-electron chi connectivity index (χ2n) is 11.8. The quantitative estimate of drug-likeness (QED) is 0.147. The lowest BCUT2D eigenvalue weighted by atomic mass is 10.0. The molecule has 0 spiro atoms. The van der Waals surface area contributed by atoms with E-state index in [2.05, 4.69) is 34.9 Å². The smallest absolute Gasteiger partial charge is 0.259 e. The standard InChI is InChI=1S/C33H41BFN7O3S/c1-5-24(30-36-14-7-15-40(30)3)31(44)38-26-19-42(39-29(26)25-18-23(46-4)8-9-27(25)45-32(34)35)20-28(43)41-16-10-22(11-17-41)37-21-33(6-2)12-13-33/h5-9,14-15,18-19,22,32,37H,1-2,10-13,16-17,20-21,34H2,3-4H3,(H,38,44)/b30-24+. The van der Waals surface area contributed by atoms with E-state index >= 15 is 0 Å². The number of carbonyl (C=O) groups excluding carboxylic acids is 2. The molecule has 13 heteroatoms. The zero-order valence-electron chi connectivity index (χ0n) is 26.7. The molecule has 3 heterocycles. The maximum absolute atomic E-state index is 14.1. The van der Waals surface area contributed by atoms with Crippen molar-refractivity contribution in [2.75, 3.05) is 38.3 Å². The average molecular weight is 646 g/mol. The number of thioether (sulfide) groups is 1. The molecule has 1 aromatic carbocycles. The van der Waals surface area contributed by atoms with Crippen LogP contribution in [-0.4, -0.2) is 90.7 Å². The van der Waals surface area contributed by atoms with Crippen LogP contribution in [-0.2, 0) is 16.1 Å². The van der Waals surface area contributed by atoms with E-state index in [1.807, 2.05) is 23.3 Å². The lowest BCUT2D eigenvalue weighted by Crippen LogP contribution is -2.46. The number of hydrogen-bond acceptors (Lipinski definition) is 8. The number of piperidine rings is 1. The Morgan fingerprint density at radius 3 is 2.67 bits per heavy atom. The second kappa shape index (κ2) is 14.6. The third-order valence-corrected chi connectivity index (χ3v) is 9.30. The van der Waals surface area contributed by atoms with Gasteiger partial charge in [-0.2, -0.15) is 5.10 Å². The summed E-state index contributed by atoms with van der Waals surface area (Å²) in [5, 5.41) is 11.3. The van der Waals surface area contributed by atoms with Crippen LogP contribution in [0.5, 0.6) is 5.75 Å². The Labute approximate surface area is 274 Å². The molecule has 1 unspecified atom stereocenters. The van der Waals surface area contributed by atoms with E-state index < -0.39 is 12.2 Å². The number of carbonyl (C=O) groups is 2. The minimum absolute atomic E-state index is 0.0221. The Bertz CT molecular complexity index is 1570. The molecule has 1 saturated carbocycles. The molecule has 10 nitrogen and oxygen atoms in total. The SMILES string of the molecule is BC(F)Oc1ccc(SC)cc1-c1nn(CC(=O)N2CCC(NCC3(C=C)CC3)CC2)cc1NC(=O)/C(C=C)=C1\N=CC=CN1C. The Morgan fingerprint density at radius 1 is 1.28 bits per heavy atom. The van der Waals surface area contributed by atoms with Gasteiger partial charge in [-0.25, -0.2) is 9.38 Å². The van der Waals surface area contributed by atoms with Crippen molar-refractivity contribution in [3.63, 3.8) is 0 Å². The van der Waals surface area contributed by atoms with Crippen molar-refractivity contribution in [1.82, 2.24) is 24.9 Å². The average Bonchev–Trinajstić information content (AvgIpc) is 3.74. The molecule has 242 valence electrons. The van der Waals surface area contributed by atoms with Crippen molar-refractivity contribution < 1.29 is 18.7 Å². The van der Waals surface area contributed by atoms with E-state index in [-0.39, 0.29) is 29.2 Å². The number of likely N-dealkylation sites (tertiary alicyclic amines) is 1. The van der Waals surface area contributed by atoms with Gasteiger partial charge in [0.1, 0.15) is 23.8 Å². The van der Waals surface area contributed by atoms with Gasteiger partial charge in [-0.05, 0) is 56.2 Å². The van der Waals surface area contributed by atoms with Crippen molar-refractivity contribution >= 4 is 43.3 Å². The molecule has 1 atom stereocenters. The fraction of sp³-hybridized carbons (Fsp3) is 0.394. The number of hydrogen-bond donors (Lipinski definition) is 2. The third-order valence-electron chi connectivity index (χ3n) is 8.57. The van der Waals surface area contributed by atoms with E-state index in [0.717, 1.165) is 24.3 Å². The summed E-state index contributed by atoms with van der Waals surface area (Å²) in [5.74, 6) is 0.162. The molecule has 3 aliphatic rings. The zero-order valence-corrected chi connectivity index (χ0v) is 27.5. The van der Waals surface area contributed by atoms with Crippen LogP contribution in [0.3, 0.4) is 0 Å². The minimum Gasteiger partial charge on any atom is -0.468 e. The molecule has 1 saturated heterocycles. The molecule has 2 fully saturated rings. The van der Waals surface area contributed by atoms with Gasteiger partial charge in [-0.3, -0.25) is 14.3 Å². The number of alkyl halides is 1. The van der Waals surface area contributed by atoms with Crippen molar-refractivity contribution in [2.24, 2.45) is 10.4 Å². The highest BCUT2D eigenvalue weighted by molar-refractivity contribution is 7.98. The summed E-state index contributed by atoms with van der Waals surface area (Å²) >= 11 is 1.51. The zero-order chi connectivity index (χ0) is 32.8. The fourth-order valence-corrected chi connectivity index (χ4v) is 6.04. The van der Waals surface area contributed by atoms with E-state index in [1.165, 1.54) is 43.2 Å². The number of allylic oxidation sites excluding steroid dienone is 1. The summed E-state index contributed by atoms with van der Waals surface area (Å²) in [7, 11) is 3.08. The molecule has 46 heavy (non-hydrogen) atoms. The maximum atomic E-state index is 14.1. The van der Waals surface area contributed by atoms with Crippen molar-refractivity contribution in [3.8, 4) is 17.0 Å². The molecule has 1 aromatic heterocycles. The van der Waals surface area contributed by atoms with Crippen LogP contribution in [0.4, 0.5) is 10.1 Å². The van der Waals surface area contributed by atoms with E-state index in [0.29, 0.717) is 41.9 Å². The topological polar surface area (TPSA) is 104 Å². The van der Waals surface area contributed by atoms with Gasteiger partial charge in [0.2, 0.25) is 5.91 Å². The first kappa shape index (κ1) is 33.3. The van der Waals surface area contributed by atoms with Crippen molar-refractivity contribution in [1.29, 1.82) is 0 Å². The van der Waals surface area contributed by atoms with Gasteiger partial charge in [0.05, 0.1) is 11.3 Å². The molecule has 0 bridgehead atoms. The molecular formula is C33H41BFN7O3S. The number of ether oxygens (including phenoxy) is 1. The number of aromatic nitrogens is 2. The molecule has 2 N–H and O–H groups in total. The molecule has 1 aliphatic carbocycles. The second-order valence-corrected chi connectivity index (χ2v) is 12.7. The largest absolute Gasteiger partial charge is 0.468 e. The van der Waals surface area contributed by atoms with Gasteiger partial charge in [-0.1, -0.05) is 18.7 Å². The number of nitrogens with zero attached hydrogens (tertiary/aromatic N) is 5. The Balaban J connectivity index is 1.39. The monoisotopic (exact) mass is 645 g/mol. The van der Waals surface area contributed by atoms with Gasteiger partial charge < -0.3 is 25.2 Å². The maximum Gasteiger partial charge on any atom is 0.259 e. The van der Waals surface area contributed by atoms with Crippen LogP contribution >= 0.6 is 11.8 Å². The fourth-order valence-electron chi connectivity index (χ4n) is 5.60. The minimum atomic E-state index is -1.57. The first-order valence-corrected chi connectivity index (χ1v) is 16.7. The lowest BCUT2D eigenvalue weighted by Gasteiger charge is -2.33. The number of anilines is 1. The molecule has 2 aliphatic heterocycles. The van der Waals surface area contributed by atoms with Gasteiger partial charge in [-0.15, -0.1) is 18.3 Å². The normalized spacial score (nSPS) is 19.0. The number of rotatable bonds is 13. The molecular weight excluding hydrogens is 604 g/mol. The summed E-state index contributed by atoms with van der Waals surface area (Å²) < 4.78 is 21.1. The number of halogens is 1. The number of nitrogens with one attached hydrogen (secondary N) is 2. The predicted molar refractivity (Wildman–Crippen MR) is 184 cm³/mol. The van der Waals surface area contributed by atoms with E-state index in [1.54, 1.807) is 42.7 Å². The highest BCUT2D eigenvalue weighted by atomic mass is 32.2. The van der Waals surface area contributed by atoms with Gasteiger partial charge in [0.15, 0.2) is 14.1 Å². The predicted octanol–water partition coefficient (Wildman–Crippen LogP) is 3.95. The first-order chi connectivity index (χ1) is 22.1. The van der Waals surface area contributed by atoms with Gasteiger partial charge in [0.25, 0.3) is 5.91 Å². The molecule has 5 rings (SSSR count). The first-order valence-electron chi connectivity index (χ1n) is 15.5. The van der Waals surface area contributed by atoms with Crippen LogP contribution in [0.1, 0.15) is 25.7 Å². The molecule has 2 aromatic rings. The third kappa shape index (κ3) is 7.82. The van der Waals surface area contributed by atoms with Gasteiger partial charge in [0, 0.05) is 67.2 Å². The van der Waals surface area contributed by atoms with E-state index in [9.17, 15) is 14.0 Å². The van der Waals surface area contributed by atoms with Crippen LogP contribution in [0.2, 0.25) is 0 Å². The van der Waals surface area contributed by atoms with Gasteiger partial charge >= 0.3 is 0 Å². The van der Waals surface area contributed by atoms with Crippen LogP contribution in [0.25, 0.3) is 11.3 Å². The summed E-state index contributed by atoms with van der Waals surface area (Å²) in [6.45, 7) is 10.0. The Kier molecular flexibility index (Phi) is 10.5. The molecule has 2 amide bonds.